The van der Waals surface area contributed by atoms with E-state index < -0.39 is 0 Å². The molecule has 6 heterocycles. The maximum absolute atomic E-state index is 5.34. The summed E-state index contributed by atoms with van der Waals surface area (Å²) >= 11 is 0. The van der Waals surface area contributed by atoms with E-state index in [9.17, 15) is 0 Å². The minimum Gasteiger partial charge on any atom is -0.254 e. The quantitative estimate of drug-likeness (QED) is 0.131. The van der Waals surface area contributed by atoms with E-state index in [4.69, 9.17) is 24.9 Å². The van der Waals surface area contributed by atoms with Crippen LogP contribution in [0.4, 0.5) is 0 Å². The number of fused-ring (bicyclic) bond motifs is 10. The fourth-order valence-electron chi connectivity index (χ4n) is 9.43. The zero-order valence-corrected chi connectivity index (χ0v) is 33.2. The average molecular weight is 789 g/mol. The minimum absolute atomic E-state index is 0.886. The molecule has 286 valence electrons. The monoisotopic (exact) mass is 788 g/mol. The van der Waals surface area contributed by atoms with Crippen LogP contribution in [0.3, 0.4) is 0 Å². The number of benzene rings is 7. The van der Waals surface area contributed by atoms with E-state index >= 15 is 0 Å². The second-order valence-electron chi connectivity index (χ2n) is 15.9. The predicted molar refractivity (Wildman–Crippen MR) is 255 cm³/mol. The van der Waals surface area contributed by atoms with Gasteiger partial charge < -0.3 is 0 Å². The number of pyridine rings is 6. The summed E-state index contributed by atoms with van der Waals surface area (Å²) in [6.45, 7) is 0. The lowest BCUT2D eigenvalue weighted by Gasteiger charge is -2.17. The van der Waals surface area contributed by atoms with E-state index in [1.807, 2.05) is 36.8 Å². The zero-order chi connectivity index (χ0) is 40.7. The van der Waals surface area contributed by atoms with Gasteiger partial charge in [-0.2, -0.15) is 0 Å². The molecular formula is C56H32N6. The van der Waals surface area contributed by atoms with Crippen LogP contribution < -0.4 is 0 Å². The van der Waals surface area contributed by atoms with Crippen LogP contribution in [0.25, 0.3) is 132 Å². The van der Waals surface area contributed by atoms with Crippen molar-refractivity contribution in [1.29, 1.82) is 0 Å². The molecule has 0 unspecified atom stereocenters. The molecule has 62 heavy (non-hydrogen) atoms. The fraction of sp³-hybridized carbons (Fsp3) is 0. The highest BCUT2D eigenvalue weighted by molar-refractivity contribution is 6.21. The Kier molecular flexibility index (Phi) is 7.50. The van der Waals surface area contributed by atoms with Gasteiger partial charge in [-0.1, -0.05) is 109 Å². The molecule has 13 aromatic rings. The average Bonchev–Trinajstić information content (AvgIpc) is 3.34. The molecule has 0 saturated carbocycles. The molecule has 0 radical (unpaired) electrons. The lowest BCUT2D eigenvalue weighted by Crippen LogP contribution is -1.95. The van der Waals surface area contributed by atoms with Gasteiger partial charge in [0.2, 0.25) is 0 Å². The van der Waals surface area contributed by atoms with Crippen LogP contribution in [-0.4, -0.2) is 29.9 Å². The standard InChI is InChI=1S/C56H32N6/c1-3-12-42-40(10-1)51(41-11-2-4-13-43(41)52(42)50-25-17-34-16-15-33-8-5-27-57-53(33)55(34)62-50)49-26-21-38-31-36(19-23-47(38)61-49)35-18-22-46-37(30-35)20-24-48(60-46)45-32-39-9-6-28-58-54(39)56-44(45)14-7-29-59-56/h1-32H. The molecule has 0 saturated heterocycles. The van der Waals surface area contributed by atoms with Crippen molar-refractivity contribution in [2.24, 2.45) is 0 Å². The third kappa shape index (κ3) is 5.37. The van der Waals surface area contributed by atoms with Crippen molar-refractivity contribution in [3.8, 4) is 44.9 Å². The number of hydrogen-bond acceptors (Lipinski definition) is 6. The Morgan fingerprint density at radius 2 is 0.726 bits per heavy atom. The van der Waals surface area contributed by atoms with E-state index in [0.29, 0.717) is 0 Å². The minimum atomic E-state index is 0.886. The predicted octanol–water partition coefficient (Wildman–Crippen LogP) is 14.0. The lowest BCUT2D eigenvalue weighted by atomic mass is 9.88. The molecule has 13 rings (SSSR count). The Morgan fingerprint density at radius 3 is 1.35 bits per heavy atom. The van der Waals surface area contributed by atoms with Gasteiger partial charge in [0.1, 0.15) is 0 Å². The normalized spacial score (nSPS) is 11.9. The van der Waals surface area contributed by atoms with Crippen molar-refractivity contribution < 1.29 is 0 Å². The molecule has 0 aliphatic rings. The summed E-state index contributed by atoms with van der Waals surface area (Å²) < 4.78 is 0. The van der Waals surface area contributed by atoms with Crippen LogP contribution in [0.5, 0.6) is 0 Å². The number of rotatable bonds is 4. The summed E-state index contributed by atoms with van der Waals surface area (Å²) in [4.78, 5) is 29.9. The molecule has 0 bridgehead atoms. The van der Waals surface area contributed by atoms with Crippen molar-refractivity contribution in [3.63, 3.8) is 0 Å². The van der Waals surface area contributed by atoms with Crippen molar-refractivity contribution in [3.05, 3.63) is 195 Å². The molecule has 6 heteroatoms. The van der Waals surface area contributed by atoms with Gasteiger partial charge in [-0.15, -0.1) is 0 Å². The van der Waals surface area contributed by atoms with Crippen LogP contribution in [-0.2, 0) is 0 Å². The van der Waals surface area contributed by atoms with Crippen LogP contribution in [0.2, 0.25) is 0 Å². The third-order valence-corrected chi connectivity index (χ3v) is 12.3. The van der Waals surface area contributed by atoms with Crippen LogP contribution >= 0.6 is 0 Å². The van der Waals surface area contributed by atoms with Crippen molar-refractivity contribution in [1.82, 2.24) is 29.9 Å². The third-order valence-electron chi connectivity index (χ3n) is 12.3. The number of hydrogen-bond donors (Lipinski definition) is 0. The van der Waals surface area contributed by atoms with Gasteiger partial charge in [0.05, 0.1) is 50.2 Å². The van der Waals surface area contributed by atoms with Gasteiger partial charge in [-0.25, -0.2) is 15.0 Å². The van der Waals surface area contributed by atoms with Crippen LogP contribution in [0, 0.1) is 0 Å². The number of aromatic nitrogens is 6. The van der Waals surface area contributed by atoms with Crippen molar-refractivity contribution in [2.45, 2.75) is 0 Å². The molecule has 0 amide bonds. The Hall–Kier alpha value is -8.48. The Labute approximate surface area is 354 Å². The van der Waals surface area contributed by atoms with E-state index in [0.717, 1.165) is 132 Å². The Morgan fingerprint density at radius 1 is 0.274 bits per heavy atom. The molecule has 6 aromatic heterocycles. The maximum atomic E-state index is 5.34. The molecule has 7 aromatic carbocycles. The van der Waals surface area contributed by atoms with Gasteiger partial charge in [-0.05, 0) is 99.4 Å². The second-order valence-corrected chi connectivity index (χ2v) is 15.9. The first-order chi connectivity index (χ1) is 30.7. The second kappa shape index (κ2) is 13.5. The van der Waals surface area contributed by atoms with Crippen molar-refractivity contribution >= 4 is 87.0 Å². The summed E-state index contributed by atoms with van der Waals surface area (Å²) in [6, 6.07) is 61.9. The summed E-state index contributed by atoms with van der Waals surface area (Å²) in [5, 5.41) is 10.9. The van der Waals surface area contributed by atoms with Gasteiger partial charge in [0.15, 0.2) is 0 Å². The fourth-order valence-corrected chi connectivity index (χ4v) is 9.43. The van der Waals surface area contributed by atoms with Crippen molar-refractivity contribution in [2.75, 3.05) is 0 Å². The molecule has 6 nitrogen and oxygen atoms in total. The summed E-state index contributed by atoms with van der Waals surface area (Å²) in [5.41, 5.74) is 13.8. The molecule has 0 N–H and O–H groups in total. The van der Waals surface area contributed by atoms with Gasteiger partial charge >= 0.3 is 0 Å². The van der Waals surface area contributed by atoms with Crippen LogP contribution in [0.15, 0.2) is 195 Å². The molecule has 0 aliphatic carbocycles. The molecule has 0 spiro atoms. The van der Waals surface area contributed by atoms with Gasteiger partial charge in [-0.3, -0.25) is 15.0 Å². The summed E-state index contributed by atoms with van der Waals surface area (Å²) in [5.74, 6) is 0. The molecule has 0 fully saturated rings. The SMILES string of the molecule is c1cnc2c(c1)ccc1ccc(-c3c4ccccc4c(-c4ccc5cc(-c6ccc7nc(-c8cc9cccnc9c9ncccc89)ccc7c6)ccc5n4)c4ccccc34)nc12. The Balaban J connectivity index is 0.890. The van der Waals surface area contributed by atoms with E-state index in [1.165, 1.54) is 0 Å². The molecular weight excluding hydrogens is 757 g/mol. The summed E-state index contributed by atoms with van der Waals surface area (Å²) in [6.07, 6.45) is 5.48. The molecule has 0 atom stereocenters. The van der Waals surface area contributed by atoms with Crippen LogP contribution in [0.1, 0.15) is 0 Å². The van der Waals surface area contributed by atoms with E-state index in [-0.39, 0.29) is 0 Å². The largest absolute Gasteiger partial charge is 0.254 e. The van der Waals surface area contributed by atoms with Gasteiger partial charge in [0.25, 0.3) is 0 Å². The number of nitrogens with zero attached hydrogens (tertiary/aromatic N) is 6. The topological polar surface area (TPSA) is 77.3 Å². The highest BCUT2D eigenvalue weighted by Crippen LogP contribution is 2.44. The van der Waals surface area contributed by atoms with Gasteiger partial charge in [0, 0.05) is 67.6 Å². The smallest absolute Gasteiger partial charge is 0.0972 e. The van der Waals surface area contributed by atoms with E-state index in [2.05, 4.69) is 163 Å². The first-order valence-corrected chi connectivity index (χ1v) is 20.8. The Bertz CT molecular complexity index is 3950. The first kappa shape index (κ1) is 34.4. The highest BCUT2D eigenvalue weighted by atomic mass is 14.8. The van der Waals surface area contributed by atoms with E-state index in [1.54, 1.807) is 0 Å². The summed E-state index contributed by atoms with van der Waals surface area (Å²) in [7, 11) is 0. The lowest BCUT2D eigenvalue weighted by molar-refractivity contribution is 1.36. The first-order valence-electron chi connectivity index (χ1n) is 20.8. The highest BCUT2D eigenvalue weighted by Gasteiger charge is 2.19. The molecule has 0 aliphatic heterocycles. The zero-order valence-electron chi connectivity index (χ0n) is 33.2. The maximum Gasteiger partial charge on any atom is 0.0972 e.